The van der Waals surface area contributed by atoms with Crippen LogP contribution in [0.3, 0.4) is 0 Å². The van der Waals surface area contributed by atoms with Gasteiger partial charge in [0, 0.05) is 25.7 Å². The lowest BCUT2D eigenvalue weighted by Crippen LogP contribution is -2.30. The lowest BCUT2D eigenvalue weighted by Gasteiger charge is -2.21. The molecular formula is C76H144O17P2. The maximum absolute atomic E-state index is 13.1. The first kappa shape index (κ1) is 92.5. The molecule has 95 heavy (non-hydrogen) atoms. The van der Waals surface area contributed by atoms with Crippen molar-refractivity contribution in [3.8, 4) is 0 Å². The maximum atomic E-state index is 13.1. The Morgan fingerprint density at radius 1 is 0.337 bits per heavy atom. The molecule has 6 atom stereocenters. The van der Waals surface area contributed by atoms with Gasteiger partial charge in [-0.2, -0.15) is 0 Å². The van der Waals surface area contributed by atoms with Crippen LogP contribution in [0.25, 0.3) is 0 Å². The van der Waals surface area contributed by atoms with Crippen molar-refractivity contribution >= 4 is 39.5 Å². The number of esters is 4. The number of hydrogen-bond donors (Lipinski definition) is 3. The van der Waals surface area contributed by atoms with Crippen LogP contribution >= 0.6 is 15.6 Å². The van der Waals surface area contributed by atoms with Crippen molar-refractivity contribution in [3.63, 3.8) is 0 Å². The van der Waals surface area contributed by atoms with Gasteiger partial charge >= 0.3 is 39.5 Å². The number of carbonyl (C=O) groups is 4. The van der Waals surface area contributed by atoms with E-state index in [0.717, 1.165) is 109 Å². The minimum Gasteiger partial charge on any atom is -0.462 e. The van der Waals surface area contributed by atoms with Crippen molar-refractivity contribution in [1.29, 1.82) is 0 Å². The first-order valence-corrected chi connectivity index (χ1v) is 42.0. The standard InChI is InChI=1S/C76H144O17P2/c1-6-10-13-16-19-22-25-27-29-31-34-40-45-50-55-60-74(79)87-66-71(92-75(80)61-56-51-46-41-35-32-30-28-26-23-20-17-14-11-7-2)67-90-94(82,83)88-63-70(77)64-89-95(84,85)91-68-72(65-86-73(78)59-54-49-44-39-33-24-21-18-15-12-8-3)93-76(81)62-57-52-47-42-37-36-38-43-48-53-58-69(5)9-4/h23,26,28,30,69-72,77H,6-22,24-25,27,29,31-68H2,1-5H3,(H,82,83)(H,84,85)/b26-23-,30-28-/t69?,70-,71-,72-/m1/s1. The molecule has 0 fully saturated rings. The van der Waals surface area contributed by atoms with Gasteiger partial charge in [0.05, 0.1) is 26.4 Å². The molecule has 0 aromatic rings. The van der Waals surface area contributed by atoms with E-state index in [1.54, 1.807) is 0 Å². The molecule has 0 saturated heterocycles. The highest BCUT2D eigenvalue weighted by atomic mass is 31.2. The Bertz CT molecular complexity index is 1920. The molecule has 0 bridgehead atoms. The second kappa shape index (κ2) is 68.7. The normalized spacial score (nSPS) is 14.4. The Hall–Kier alpha value is -2.46. The summed E-state index contributed by atoms with van der Waals surface area (Å²) in [5.41, 5.74) is 0. The molecule has 0 spiro atoms. The largest absolute Gasteiger partial charge is 0.472 e. The molecule has 0 rings (SSSR count). The van der Waals surface area contributed by atoms with Crippen LogP contribution in [0.5, 0.6) is 0 Å². The Morgan fingerprint density at radius 2 is 0.589 bits per heavy atom. The second-order valence-corrected chi connectivity index (χ2v) is 29.9. The Labute approximate surface area is 580 Å². The van der Waals surface area contributed by atoms with Crippen molar-refractivity contribution in [2.45, 2.75) is 393 Å². The summed E-state index contributed by atoms with van der Waals surface area (Å²) in [6, 6.07) is 0. The predicted octanol–water partition coefficient (Wildman–Crippen LogP) is 22.0. The summed E-state index contributed by atoms with van der Waals surface area (Å²) in [7, 11) is -9.92. The second-order valence-electron chi connectivity index (χ2n) is 26.9. The van der Waals surface area contributed by atoms with Gasteiger partial charge in [-0.25, -0.2) is 9.13 Å². The van der Waals surface area contributed by atoms with E-state index in [1.807, 2.05) is 0 Å². The highest BCUT2D eigenvalue weighted by Crippen LogP contribution is 2.45. The van der Waals surface area contributed by atoms with Crippen molar-refractivity contribution in [3.05, 3.63) is 24.3 Å². The number of ether oxygens (including phenoxy) is 4. The summed E-state index contributed by atoms with van der Waals surface area (Å²) in [4.78, 5) is 72.8. The van der Waals surface area contributed by atoms with Crippen LogP contribution in [0, 0.1) is 5.92 Å². The van der Waals surface area contributed by atoms with E-state index in [9.17, 15) is 43.2 Å². The first-order chi connectivity index (χ1) is 46.1. The first-order valence-electron chi connectivity index (χ1n) is 39.0. The summed E-state index contributed by atoms with van der Waals surface area (Å²) in [6.07, 6.45) is 60.2. The van der Waals surface area contributed by atoms with Crippen LogP contribution < -0.4 is 0 Å². The molecule has 3 unspecified atom stereocenters. The van der Waals surface area contributed by atoms with E-state index >= 15 is 0 Å². The van der Waals surface area contributed by atoms with Gasteiger partial charge in [-0.05, 0) is 57.3 Å². The van der Waals surface area contributed by atoms with E-state index in [0.29, 0.717) is 25.7 Å². The number of unbranched alkanes of at least 4 members (excludes halogenated alkanes) is 42. The van der Waals surface area contributed by atoms with Crippen LogP contribution in [0.1, 0.15) is 375 Å². The minimum atomic E-state index is -4.96. The van der Waals surface area contributed by atoms with E-state index in [4.69, 9.17) is 37.0 Å². The number of rotatable bonds is 74. The zero-order valence-electron chi connectivity index (χ0n) is 61.3. The van der Waals surface area contributed by atoms with Crippen molar-refractivity contribution in [2.24, 2.45) is 5.92 Å². The molecule has 0 heterocycles. The number of aliphatic hydroxyl groups excluding tert-OH is 1. The van der Waals surface area contributed by atoms with Gasteiger partial charge in [0.2, 0.25) is 0 Å². The van der Waals surface area contributed by atoms with Gasteiger partial charge in [0.1, 0.15) is 19.3 Å². The Morgan fingerprint density at radius 3 is 0.895 bits per heavy atom. The molecule has 0 radical (unpaired) electrons. The predicted molar refractivity (Wildman–Crippen MR) is 386 cm³/mol. The molecule has 3 N–H and O–H groups in total. The van der Waals surface area contributed by atoms with Crippen molar-refractivity contribution in [2.75, 3.05) is 39.6 Å². The smallest absolute Gasteiger partial charge is 0.462 e. The maximum Gasteiger partial charge on any atom is 0.472 e. The molecule has 0 aliphatic heterocycles. The molecule has 17 nitrogen and oxygen atoms in total. The Balaban J connectivity index is 5.30. The summed E-state index contributed by atoms with van der Waals surface area (Å²) >= 11 is 0. The van der Waals surface area contributed by atoms with Crippen molar-refractivity contribution in [1.82, 2.24) is 0 Å². The zero-order chi connectivity index (χ0) is 69.8. The average molecular weight is 1390 g/mol. The van der Waals surface area contributed by atoms with Gasteiger partial charge in [-0.3, -0.25) is 37.3 Å². The molecule has 0 aliphatic rings. The lowest BCUT2D eigenvalue weighted by atomic mass is 9.99. The molecule has 0 aromatic heterocycles. The summed E-state index contributed by atoms with van der Waals surface area (Å²) in [5.74, 6) is -1.34. The summed E-state index contributed by atoms with van der Waals surface area (Å²) < 4.78 is 68.5. The van der Waals surface area contributed by atoms with E-state index in [-0.39, 0.29) is 25.7 Å². The quantitative estimate of drug-likeness (QED) is 0.0169. The minimum absolute atomic E-state index is 0.0857. The van der Waals surface area contributed by atoms with E-state index in [2.05, 4.69) is 58.9 Å². The third-order valence-corrected chi connectivity index (χ3v) is 19.4. The van der Waals surface area contributed by atoms with Gasteiger partial charge in [-0.1, -0.05) is 322 Å². The van der Waals surface area contributed by atoms with Crippen LogP contribution in [-0.4, -0.2) is 96.7 Å². The lowest BCUT2D eigenvalue weighted by molar-refractivity contribution is -0.161. The molecule has 19 heteroatoms. The van der Waals surface area contributed by atoms with Crippen LogP contribution in [-0.2, 0) is 65.4 Å². The number of phosphoric acid groups is 2. The monoisotopic (exact) mass is 1390 g/mol. The number of aliphatic hydroxyl groups is 1. The molecular weight excluding hydrogens is 1250 g/mol. The zero-order valence-corrected chi connectivity index (χ0v) is 63.1. The summed E-state index contributed by atoms with van der Waals surface area (Å²) in [6.45, 7) is 7.25. The fourth-order valence-corrected chi connectivity index (χ4v) is 12.7. The molecule has 0 aromatic carbocycles. The SMILES string of the molecule is CCCCCC/C=C\C=C/CCCCCCCC(=O)O[C@H](COC(=O)CCCCCCCCCCCCCCCCC)COP(=O)(O)OC[C@@H](O)COP(=O)(O)OC[C@@H](COC(=O)CCCCCCCCCCCCC)OC(=O)CCCCCCCCCCCCC(C)CC. The number of carbonyl (C=O) groups excluding carboxylic acids is 4. The molecule has 0 saturated carbocycles. The molecule has 560 valence electrons. The third-order valence-electron chi connectivity index (χ3n) is 17.5. The van der Waals surface area contributed by atoms with Crippen LogP contribution in [0.15, 0.2) is 24.3 Å². The number of phosphoric ester groups is 2. The highest BCUT2D eigenvalue weighted by molar-refractivity contribution is 7.47. The molecule has 0 aliphatic carbocycles. The van der Waals surface area contributed by atoms with Gasteiger partial charge in [0.25, 0.3) is 0 Å². The molecule has 0 amide bonds. The average Bonchev–Trinajstić information content (AvgIpc) is 1.70. The fourth-order valence-electron chi connectivity index (χ4n) is 11.1. The van der Waals surface area contributed by atoms with Gasteiger partial charge in [0.15, 0.2) is 12.2 Å². The fraction of sp³-hybridized carbons (Fsp3) is 0.895. The van der Waals surface area contributed by atoms with Crippen LogP contribution in [0.2, 0.25) is 0 Å². The van der Waals surface area contributed by atoms with Gasteiger partial charge in [-0.15, -0.1) is 0 Å². The van der Waals surface area contributed by atoms with E-state index in [1.165, 1.54) is 186 Å². The van der Waals surface area contributed by atoms with Gasteiger partial charge < -0.3 is 33.8 Å². The Kier molecular flexibility index (Phi) is 66.9. The third kappa shape index (κ3) is 68.5. The number of hydrogen-bond acceptors (Lipinski definition) is 15. The number of allylic oxidation sites excluding steroid dienone is 4. The van der Waals surface area contributed by atoms with Crippen molar-refractivity contribution < 1.29 is 80.2 Å². The van der Waals surface area contributed by atoms with E-state index < -0.39 is 97.5 Å². The summed E-state index contributed by atoms with van der Waals surface area (Å²) in [5, 5.41) is 10.6. The van der Waals surface area contributed by atoms with Crippen LogP contribution in [0.4, 0.5) is 0 Å². The highest BCUT2D eigenvalue weighted by Gasteiger charge is 2.30. The topological polar surface area (TPSA) is 237 Å².